The Bertz CT molecular complexity index is 710. The number of nitrogens with one attached hydrogen (secondary N) is 1. The summed E-state index contributed by atoms with van der Waals surface area (Å²) in [7, 11) is -3.80. The molecule has 0 unspecified atom stereocenters. The van der Waals surface area contributed by atoms with E-state index in [-0.39, 0.29) is 11.5 Å². The molecule has 1 N–H and O–H groups in total. The van der Waals surface area contributed by atoms with Crippen LogP contribution in [0.3, 0.4) is 0 Å². The van der Waals surface area contributed by atoms with Gasteiger partial charge in [0.05, 0.1) is 4.90 Å². The number of ether oxygens (including phenoxy) is 2. The van der Waals surface area contributed by atoms with Crippen molar-refractivity contribution < 1.29 is 22.7 Å². The molecule has 24 heavy (non-hydrogen) atoms. The molecule has 6 nitrogen and oxygen atoms in total. The molecule has 0 bridgehead atoms. The molecular formula is C17H21NO5S. The summed E-state index contributed by atoms with van der Waals surface area (Å²) in [6.45, 7) is 2.27. The van der Waals surface area contributed by atoms with Crippen molar-refractivity contribution in [3.8, 4) is 17.6 Å². The van der Waals surface area contributed by atoms with Crippen molar-refractivity contribution in [2.45, 2.75) is 49.6 Å². The highest BCUT2D eigenvalue weighted by Crippen LogP contribution is 2.30. The van der Waals surface area contributed by atoms with E-state index in [9.17, 15) is 13.2 Å². The first kappa shape index (κ1) is 18.3. The maximum absolute atomic E-state index is 12.6. The van der Waals surface area contributed by atoms with Crippen molar-refractivity contribution in [2.24, 2.45) is 0 Å². The zero-order chi connectivity index (χ0) is 17.5. The lowest BCUT2D eigenvalue weighted by molar-refractivity contribution is -0.148. The minimum atomic E-state index is -3.80. The number of benzene rings is 1. The number of carbonyl (C=O) groups excluding carboxylic acids is 1. The number of sulfonamides is 1. The summed E-state index contributed by atoms with van der Waals surface area (Å²) in [6, 6.07) is 6.04. The zero-order valence-corrected chi connectivity index (χ0v) is 14.4. The van der Waals surface area contributed by atoms with Crippen LogP contribution in [0.15, 0.2) is 29.2 Å². The van der Waals surface area contributed by atoms with Crippen molar-refractivity contribution in [1.29, 1.82) is 0 Å². The maximum atomic E-state index is 12.6. The summed E-state index contributed by atoms with van der Waals surface area (Å²) < 4.78 is 38.2. The molecule has 1 fully saturated rings. The van der Waals surface area contributed by atoms with Gasteiger partial charge in [0.25, 0.3) is 6.47 Å². The second-order valence-corrected chi connectivity index (χ2v) is 7.24. The Labute approximate surface area is 142 Å². The van der Waals surface area contributed by atoms with Gasteiger partial charge in [-0.15, -0.1) is 5.92 Å². The van der Waals surface area contributed by atoms with E-state index < -0.39 is 15.7 Å². The average molecular weight is 351 g/mol. The predicted molar refractivity (Wildman–Crippen MR) is 88.7 cm³/mol. The van der Waals surface area contributed by atoms with E-state index in [0.29, 0.717) is 25.1 Å². The van der Waals surface area contributed by atoms with Gasteiger partial charge in [-0.2, -0.15) is 4.72 Å². The van der Waals surface area contributed by atoms with Gasteiger partial charge in [-0.1, -0.05) is 12.3 Å². The Balaban J connectivity index is 2.13. The van der Waals surface area contributed by atoms with Gasteiger partial charge < -0.3 is 9.47 Å². The van der Waals surface area contributed by atoms with Gasteiger partial charge in [0.1, 0.15) is 12.4 Å². The largest absolute Gasteiger partial charge is 0.481 e. The van der Waals surface area contributed by atoms with Crippen LogP contribution in [0.1, 0.15) is 39.0 Å². The molecule has 0 aromatic heterocycles. The second-order valence-electron chi connectivity index (χ2n) is 5.56. The second kappa shape index (κ2) is 8.18. The normalized spacial score (nSPS) is 16.5. The highest BCUT2D eigenvalue weighted by molar-refractivity contribution is 7.89. The van der Waals surface area contributed by atoms with Crippen LogP contribution in [0.2, 0.25) is 0 Å². The molecule has 0 radical (unpaired) electrons. The summed E-state index contributed by atoms with van der Waals surface area (Å²) in [5.74, 6) is 6.01. The van der Waals surface area contributed by atoms with Gasteiger partial charge in [0.15, 0.2) is 5.72 Å². The first-order valence-electron chi connectivity index (χ1n) is 7.79. The van der Waals surface area contributed by atoms with Crippen LogP contribution < -0.4 is 9.46 Å². The molecular weight excluding hydrogens is 330 g/mol. The molecule has 0 atom stereocenters. The lowest BCUT2D eigenvalue weighted by Crippen LogP contribution is -2.51. The molecule has 2 rings (SSSR count). The lowest BCUT2D eigenvalue weighted by atomic mass is 9.92. The minimum Gasteiger partial charge on any atom is -0.481 e. The quantitative estimate of drug-likeness (QED) is 0.463. The Morgan fingerprint density at radius 3 is 2.46 bits per heavy atom. The van der Waals surface area contributed by atoms with Crippen LogP contribution in [0.25, 0.3) is 0 Å². The van der Waals surface area contributed by atoms with E-state index in [4.69, 9.17) is 9.47 Å². The molecule has 0 saturated heterocycles. The van der Waals surface area contributed by atoms with Gasteiger partial charge in [-0.25, -0.2) is 8.42 Å². The Kier molecular flexibility index (Phi) is 6.23. The predicted octanol–water partition coefficient (Wildman–Crippen LogP) is 2.20. The molecule has 0 heterocycles. The zero-order valence-electron chi connectivity index (χ0n) is 13.6. The monoisotopic (exact) mass is 351 g/mol. The molecule has 1 aliphatic carbocycles. The highest BCUT2D eigenvalue weighted by atomic mass is 32.2. The standard InChI is InChI=1S/C17H21NO5S/c1-2-3-13-22-15-7-9-16(10-8-15)24(20,21)18-17(23-14-19)11-5-4-6-12-17/h7-10,14,18H,4-6,11-13H2,1H3. The summed E-state index contributed by atoms with van der Waals surface area (Å²) in [6.07, 6.45) is 3.56. The van der Waals surface area contributed by atoms with Gasteiger partial charge in [-0.3, -0.25) is 4.79 Å². The maximum Gasteiger partial charge on any atom is 0.294 e. The fraction of sp³-hybridized carbons (Fsp3) is 0.471. The molecule has 0 spiro atoms. The molecule has 7 heteroatoms. The topological polar surface area (TPSA) is 81.7 Å². The molecule has 1 aromatic carbocycles. The fourth-order valence-corrected chi connectivity index (χ4v) is 4.02. The number of rotatable bonds is 7. The molecule has 1 aliphatic rings. The van der Waals surface area contributed by atoms with E-state index in [2.05, 4.69) is 16.6 Å². The van der Waals surface area contributed by atoms with Crippen LogP contribution in [0.4, 0.5) is 0 Å². The SMILES string of the molecule is CC#CCOc1ccc(S(=O)(=O)NC2(OC=O)CCCCC2)cc1. The van der Waals surface area contributed by atoms with Gasteiger partial charge in [0.2, 0.25) is 10.0 Å². The highest BCUT2D eigenvalue weighted by Gasteiger charge is 2.38. The molecule has 1 saturated carbocycles. The number of hydrogen-bond donors (Lipinski definition) is 1. The Morgan fingerprint density at radius 2 is 1.88 bits per heavy atom. The van der Waals surface area contributed by atoms with Gasteiger partial charge in [-0.05, 0) is 44.0 Å². The Hall–Kier alpha value is -2.04. The van der Waals surface area contributed by atoms with Gasteiger partial charge >= 0.3 is 0 Å². The summed E-state index contributed by atoms with van der Waals surface area (Å²) >= 11 is 0. The smallest absolute Gasteiger partial charge is 0.294 e. The fourth-order valence-electron chi connectivity index (χ4n) is 2.67. The third kappa shape index (κ3) is 4.73. The summed E-state index contributed by atoms with van der Waals surface area (Å²) in [5, 5.41) is 0. The molecule has 130 valence electrons. The van der Waals surface area contributed by atoms with Crippen molar-refractivity contribution in [3.05, 3.63) is 24.3 Å². The number of carbonyl (C=O) groups is 1. The van der Waals surface area contributed by atoms with Crippen molar-refractivity contribution in [3.63, 3.8) is 0 Å². The van der Waals surface area contributed by atoms with E-state index in [0.717, 1.165) is 19.3 Å². The molecule has 0 amide bonds. The summed E-state index contributed by atoms with van der Waals surface area (Å²) in [4.78, 5) is 10.9. The van der Waals surface area contributed by atoms with E-state index in [1.807, 2.05) is 0 Å². The first-order valence-corrected chi connectivity index (χ1v) is 9.28. The van der Waals surface area contributed by atoms with Crippen LogP contribution in [0.5, 0.6) is 5.75 Å². The van der Waals surface area contributed by atoms with Crippen LogP contribution in [-0.2, 0) is 19.6 Å². The van der Waals surface area contributed by atoms with Crippen molar-refractivity contribution >= 4 is 16.5 Å². The van der Waals surface area contributed by atoms with E-state index in [1.165, 1.54) is 12.1 Å². The van der Waals surface area contributed by atoms with Crippen LogP contribution in [-0.4, -0.2) is 27.2 Å². The van der Waals surface area contributed by atoms with Crippen molar-refractivity contribution in [2.75, 3.05) is 6.61 Å². The van der Waals surface area contributed by atoms with Crippen LogP contribution >= 0.6 is 0 Å². The first-order chi connectivity index (χ1) is 11.5. The Morgan fingerprint density at radius 1 is 1.21 bits per heavy atom. The molecule has 0 aliphatic heterocycles. The lowest BCUT2D eigenvalue weighted by Gasteiger charge is -2.35. The average Bonchev–Trinajstić information content (AvgIpc) is 2.56. The van der Waals surface area contributed by atoms with E-state index in [1.54, 1.807) is 19.1 Å². The third-order valence-electron chi connectivity index (χ3n) is 3.88. The van der Waals surface area contributed by atoms with Gasteiger partial charge in [0, 0.05) is 12.8 Å². The molecule has 1 aromatic rings. The van der Waals surface area contributed by atoms with Crippen molar-refractivity contribution in [1.82, 2.24) is 4.72 Å². The summed E-state index contributed by atoms with van der Waals surface area (Å²) in [5.41, 5.74) is -1.15. The third-order valence-corrected chi connectivity index (χ3v) is 5.41. The number of hydrogen-bond acceptors (Lipinski definition) is 5. The minimum absolute atomic E-state index is 0.0934. The van der Waals surface area contributed by atoms with Crippen LogP contribution in [0, 0.1) is 11.8 Å². The van der Waals surface area contributed by atoms with E-state index >= 15 is 0 Å².